The van der Waals surface area contributed by atoms with Crippen LogP contribution in [0.5, 0.6) is 0 Å². The van der Waals surface area contributed by atoms with E-state index in [0.717, 1.165) is 0 Å². The van der Waals surface area contributed by atoms with Crippen LogP contribution in [-0.2, 0) is 14.3 Å². The molecular weight excluding hydrogens is 404 g/mol. The number of rotatable bonds is 6. The van der Waals surface area contributed by atoms with Crippen molar-refractivity contribution < 1.29 is 28.1 Å². The second kappa shape index (κ2) is 8.58. The largest absolute Gasteiger partial charge is 0.463 e. The van der Waals surface area contributed by atoms with E-state index in [0.29, 0.717) is 22.5 Å². The van der Waals surface area contributed by atoms with Crippen LogP contribution < -0.4 is 5.32 Å². The van der Waals surface area contributed by atoms with Gasteiger partial charge in [0.25, 0.3) is 11.6 Å². The van der Waals surface area contributed by atoms with Crippen molar-refractivity contribution in [3.05, 3.63) is 35.7 Å². The molecule has 0 aliphatic carbocycles. The highest BCUT2D eigenvalue weighted by Crippen LogP contribution is 2.27. The number of likely N-dealkylation sites (N-methyl/N-ethyl adjacent to an activating group) is 1. The third kappa shape index (κ3) is 5.27. The minimum Gasteiger partial charge on any atom is -0.463 e. The van der Waals surface area contributed by atoms with Crippen LogP contribution in [0.3, 0.4) is 0 Å². The van der Waals surface area contributed by atoms with Gasteiger partial charge in [-0.25, -0.2) is 9.78 Å². The summed E-state index contributed by atoms with van der Waals surface area (Å²) in [6.45, 7) is 6.52. The molecule has 0 saturated carbocycles. The first-order chi connectivity index (χ1) is 14.5. The Kier molecular flexibility index (Phi) is 6.09. The maximum absolute atomic E-state index is 12.8. The van der Waals surface area contributed by atoms with E-state index in [4.69, 9.17) is 13.7 Å². The topological polar surface area (TPSA) is 128 Å². The first-order valence-electron chi connectivity index (χ1n) is 9.58. The molecule has 0 aromatic carbocycles. The highest BCUT2D eigenvalue weighted by Gasteiger charge is 2.23. The Morgan fingerprint density at radius 1 is 1.26 bits per heavy atom. The molecular formula is C21H24N4O6. The molecule has 10 heteroatoms. The molecule has 0 spiro atoms. The van der Waals surface area contributed by atoms with Gasteiger partial charge >= 0.3 is 5.97 Å². The lowest BCUT2D eigenvalue weighted by Gasteiger charge is -2.23. The summed E-state index contributed by atoms with van der Waals surface area (Å²) in [5.74, 6) is -1.14. The first-order valence-corrected chi connectivity index (χ1v) is 9.58. The molecule has 31 heavy (non-hydrogen) atoms. The number of furan rings is 1. The zero-order valence-corrected chi connectivity index (χ0v) is 18.0. The second-order valence-electron chi connectivity index (χ2n) is 8.10. The molecule has 3 heterocycles. The number of pyridine rings is 1. The van der Waals surface area contributed by atoms with Crippen LogP contribution in [0.15, 0.2) is 33.4 Å². The summed E-state index contributed by atoms with van der Waals surface area (Å²) < 4.78 is 15.7. The summed E-state index contributed by atoms with van der Waals surface area (Å²) in [6, 6.07) is 4.88. The van der Waals surface area contributed by atoms with E-state index in [2.05, 4.69) is 15.5 Å². The third-order valence-electron chi connectivity index (χ3n) is 4.26. The van der Waals surface area contributed by atoms with Crippen molar-refractivity contribution in [1.29, 1.82) is 0 Å². The molecule has 3 rings (SSSR count). The Balaban J connectivity index is 1.72. The van der Waals surface area contributed by atoms with Gasteiger partial charge in [-0.1, -0.05) is 5.16 Å². The summed E-state index contributed by atoms with van der Waals surface area (Å²) in [4.78, 5) is 42.6. The third-order valence-corrected chi connectivity index (χ3v) is 4.26. The number of nitrogens with zero attached hydrogens (tertiary/aromatic N) is 3. The van der Waals surface area contributed by atoms with Crippen molar-refractivity contribution in [2.75, 3.05) is 20.2 Å². The zero-order valence-electron chi connectivity index (χ0n) is 18.0. The summed E-state index contributed by atoms with van der Waals surface area (Å²) in [5, 5.41) is 7.01. The van der Waals surface area contributed by atoms with Crippen LogP contribution in [0, 0.1) is 6.92 Å². The molecule has 2 amide bonds. The average Bonchev–Trinajstić information content (AvgIpc) is 3.34. The molecule has 164 valence electrons. The Morgan fingerprint density at radius 3 is 2.65 bits per heavy atom. The number of nitrogens with one attached hydrogen (secondary N) is 1. The SMILES string of the molecule is Cc1noc2nc(-c3ccco3)cc(C(=O)OCC(=O)N(C)CC(=O)NC(C)(C)C)c12. The van der Waals surface area contributed by atoms with Gasteiger partial charge in [-0.05, 0) is 45.9 Å². The van der Waals surface area contributed by atoms with Gasteiger partial charge in [0.05, 0.1) is 29.5 Å². The van der Waals surface area contributed by atoms with Crippen molar-refractivity contribution >= 4 is 28.9 Å². The lowest BCUT2D eigenvalue weighted by molar-refractivity contribution is -0.137. The minimum absolute atomic E-state index is 0.149. The predicted molar refractivity (Wildman–Crippen MR) is 110 cm³/mol. The van der Waals surface area contributed by atoms with Gasteiger partial charge in [-0.3, -0.25) is 9.59 Å². The first kappa shape index (κ1) is 22.0. The van der Waals surface area contributed by atoms with Crippen molar-refractivity contribution in [1.82, 2.24) is 20.4 Å². The molecule has 3 aromatic heterocycles. The average molecular weight is 428 g/mol. The van der Waals surface area contributed by atoms with Crippen LogP contribution in [0.25, 0.3) is 22.6 Å². The highest BCUT2D eigenvalue weighted by molar-refractivity contribution is 6.04. The summed E-state index contributed by atoms with van der Waals surface area (Å²) in [6.07, 6.45) is 1.48. The smallest absolute Gasteiger partial charge is 0.339 e. The maximum atomic E-state index is 12.8. The molecule has 0 fully saturated rings. The molecule has 0 aliphatic rings. The second-order valence-corrected chi connectivity index (χ2v) is 8.10. The summed E-state index contributed by atoms with van der Waals surface area (Å²) in [5.41, 5.74) is 0.713. The molecule has 1 N–H and O–H groups in total. The van der Waals surface area contributed by atoms with E-state index < -0.39 is 24.0 Å². The summed E-state index contributed by atoms with van der Waals surface area (Å²) in [7, 11) is 1.46. The monoisotopic (exact) mass is 428 g/mol. The van der Waals surface area contributed by atoms with E-state index in [1.165, 1.54) is 24.3 Å². The molecule has 0 radical (unpaired) electrons. The molecule has 0 bridgehead atoms. The lowest BCUT2D eigenvalue weighted by atomic mass is 10.1. The standard InChI is InChI=1S/C21H24N4O6/c1-12-18-13(9-14(15-7-6-8-29-15)22-19(18)31-24-12)20(28)30-11-17(27)25(5)10-16(26)23-21(2,3)4/h6-9H,10-11H2,1-5H3,(H,23,26). The number of carbonyl (C=O) groups excluding carboxylic acids is 3. The maximum Gasteiger partial charge on any atom is 0.339 e. The lowest BCUT2D eigenvalue weighted by Crippen LogP contribution is -2.46. The summed E-state index contributed by atoms with van der Waals surface area (Å²) >= 11 is 0. The fourth-order valence-electron chi connectivity index (χ4n) is 2.88. The van der Waals surface area contributed by atoms with Crippen LogP contribution in [0.1, 0.15) is 36.8 Å². The number of esters is 1. The van der Waals surface area contributed by atoms with Crippen LogP contribution >= 0.6 is 0 Å². The number of aromatic nitrogens is 2. The zero-order chi connectivity index (χ0) is 22.8. The van der Waals surface area contributed by atoms with Gasteiger partial charge in [-0.15, -0.1) is 0 Å². The fourth-order valence-corrected chi connectivity index (χ4v) is 2.88. The molecule has 0 unspecified atom stereocenters. The van der Waals surface area contributed by atoms with Gasteiger partial charge < -0.3 is 23.9 Å². The Morgan fingerprint density at radius 2 is 2.00 bits per heavy atom. The number of carbonyl (C=O) groups is 3. The van der Waals surface area contributed by atoms with E-state index in [1.807, 2.05) is 20.8 Å². The van der Waals surface area contributed by atoms with Crippen LogP contribution in [-0.4, -0.2) is 58.6 Å². The van der Waals surface area contributed by atoms with E-state index in [1.54, 1.807) is 19.1 Å². The van der Waals surface area contributed by atoms with Crippen LogP contribution in [0.2, 0.25) is 0 Å². The number of ether oxygens (including phenoxy) is 1. The van der Waals surface area contributed by atoms with Crippen molar-refractivity contribution in [2.24, 2.45) is 0 Å². The normalized spacial score (nSPS) is 11.4. The van der Waals surface area contributed by atoms with Crippen molar-refractivity contribution in [3.8, 4) is 11.5 Å². The number of hydrogen-bond donors (Lipinski definition) is 1. The molecule has 3 aromatic rings. The number of aryl methyl sites for hydroxylation is 1. The van der Waals surface area contributed by atoms with Gasteiger partial charge in [-0.2, -0.15) is 0 Å². The Labute approximate surface area is 178 Å². The molecule has 10 nitrogen and oxygen atoms in total. The fraction of sp³-hybridized carbons (Fsp3) is 0.381. The number of fused-ring (bicyclic) bond motifs is 1. The Hall–Kier alpha value is -3.69. The van der Waals surface area contributed by atoms with Gasteiger partial charge in [0.1, 0.15) is 5.69 Å². The van der Waals surface area contributed by atoms with Crippen LogP contribution in [0.4, 0.5) is 0 Å². The predicted octanol–water partition coefficient (Wildman–Crippen LogP) is 2.32. The molecule has 0 saturated heterocycles. The quantitative estimate of drug-likeness (QED) is 0.593. The molecule has 0 atom stereocenters. The van der Waals surface area contributed by atoms with Gasteiger partial charge in [0, 0.05) is 12.6 Å². The van der Waals surface area contributed by atoms with Gasteiger partial charge in [0.2, 0.25) is 5.91 Å². The van der Waals surface area contributed by atoms with E-state index in [-0.39, 0.29) is 23.7 Å². The highest BCUT2D eigenvalue weighted by atomic mass is 16.5. The molecule has 0 aliphatic heterocycles. The number of amides is 2. The number of hydrogen-bond acceptors (Lipinski definition) is 8. The minimum atomic E-state index is -0.743. The van der Waals surface area contributed by atoms with E-state index >= 15 is 0 Å². The van der Waals surface area contributed by atoms with Crippen molar-refractivity contribution in [2.45, 2.75) is 33.2 Å². The Bertz CT molecular complexity index is 1110. The van der Waals surface area contributed by atoms with Gasteiger partial charge in [0.15, 0.2) is 12.4 Å². The van der Waals surface area contributed by atoms with Crippen molar-refractivity contribution in [3.63, 3.8) is 0 Å². The van der Waals surface area contributed by atoms with E-state index in [9.17, 15) is 14.4 Å².